The van der Waals surface area contributed by atoms with Crippen LogP contribution in [0.3, 0.4) is 0 Å². The summed E-state index contributed by atoms with van der Waals surface area (Å²) in [5.41, 5.74) is 2.53. The van der Waals surface area contributed by atoms with Crippen LogP contribution in [-0.2, 0) is 11.2 Å². The molecular weight excluding hydrogens is 238 g/mol. The fraction of sp³-hybridized carbons (Fsp3) is 0.562. The second kappa shape index (κ2) is 5.33. The molecule has 0 aromatic heterocycles. The third-order valence-electron chi connectivity index (χ3n) is 4.49. The molecule has 3 nitrogen and oxygen atoms in total. The van der Waals surface area contributed by atoms with Crippen molar-refractivity contribution in [2.45, 2.75) is 56.6 Å². The number of aliphatic hydroxyl groups is 1. The molecule has 102 valence electrons. The standard InChI is InChI=1S/C16H21NO2/c18-13-8-6-12(7-9-13)17-16(19)15-10-5-11-3-1-2-4-14(11)15/h1-4,12-13,15,18H,5-10H2,(H,17,19). The van der Waals surface area contributed by atoms with Gasteiger partial charge in [-0.3, -0.25) is 4.79 Å². The van der Waals surface area contributed by atoms with E-state index in [4.69, 9.17) is 0 Å². The summed E-state index contributed by atoms with van der Waals surface area (Å²) in [5.74, 6) is 0.203. The van der Waals surface area contributed by atoms with Crippen LogP contribution in [0.15, 0.2) is 24.3 Å². The Balaban J connectivity index is 1.63. The zero-order chi connectivity index (χ0) is 13.2. The van der Waals surface area contributed by atoms with Crippen molar-refractivity contribution < 1.29 is 9.90 Å². The van der Waals surface area contributed by atoms with Gasteiger partial charge >= 0.3 is 0 Å². The molecule has 3 rings (SSSR count). The van der Waals surface area contributed by atoms with E-state index in [0.717, 1.165) is 38.5 Å². The highest BCUT2D eigenvalue weighted by Gasteiger charge is 2.30. The average Bonchev–Trinajstić information content (AvgIpc) is 2.85. The van der Waals surface area contributed by atoms with Crippen molar-refractivity contribution >= 4 is 5.91 Å². The molecule has 0 aliphatic heterocycles. The number of carbonyl (C=O) groups is 1. The normalized spacial score (nSPS) is 29.8. The maximum absolute atomic E-state index is 12.4. The SMILES string of the molecule is O=C(NC1CCC(O)CC1)C1CCc2ccccc21. The van der Waals surface area contributed by atoms with E-state index in [2.05, 4.69) is 17.4 Å². The summed E-state index contributed by atoms with van der Waals surface area (Å²) in [5, 5.41) is 12.7. The number of aryl methyl sites for hydroxylation is 1. The molecule has 0 bridgehead atoms. The van der Waals surface area contributed by atoms with Crippen LogP contribution in [0.5, 0.6) is 0 Å². The van der Waals surface area contributed by atoms with Gasteiger partial charge in [0.1, 0.15) is 0 Å². The van der Waals surface area contributed by atoms with Crippen LogP contribution >= 0.6 is 0 Å². The van der Waals surface area contributed by atoms with E-state index in [1.165, 1.54) is 11.1 Å². The van der Waals surface area contributed by atoms with Crippen molar-refractivity contribution in [3.63, 3.8) is 0 Å². The molecule has 0 spiro atoms. The van der Waals surface area contributed by atoms with E-state index in [1.54, 1.807) is 0 Å². The number of rotatable bonds is 2. The molecule has 1 unspecified atom stereocenters. The molecule has 2 N–H and O–H groups in total. The Kier molecular flexibility index (Phi) is 3.56. The maximum atomic E-state index is 12.4. The van der Waals surface area contributed by atoms with Crippen molar-refractivity contribution in [2.24, 2.45) is 0 Å². The van der Waals surface area contributed by atoms with Gasteiger partial charge in [-0.25, -0.2) is 0 Å². The summed E-state index contributed by atoms with van der Waals surface area (Å²) in [6, 6.07) is 8.52. The van der Waals surface area contributed by atoms with Crippen molar-refractivity contribution in [2.75, 3.05) is 0 Å². The number of hydrogen-bond acceptors (Lipinski definition) is 2. The Morgan fingerprint density at radius 1 is 1.11 bits per heavy atom. The van der Waals surface area contributed by atoms with Gasteiger partial charge in [0, 0.05) is 6.04 Å². The lowest BCUT2D eigenvalue weighted by Crippen LogP contribution is -2.40. The first kappa shape index (κ1) is 12.7. The first-order chi connectivity index (χ1) is 9.24. The van der Waals surface area contributed by atoms with Crippen LogP contribution in [0.1, 0.15) is 49.1 Å². The summed E-state index contributed by atoms with van der Waals surface area (Å²) in [7, 11) is 0. The molecule has 1 amide bonds. The van der Waals surface area contributed by atoms with Gasteiger partial charge in [-0.2, -0.15) is 0 Å². The minimum Gasteiger partial charge on any atom is -0.393 e. The molecule has 19 heavy (non-hydrogen) atoms. The molecule has 3 heteroatoms. The Bertz CT molecular complexity index is 464. The highest BCUT2D eigenvalue weighted by Crippen LogP contribution is 2.33. The quantitative estimate of drug-likeness (QED) is 0.855. The number of carbonyl (C=O) groups excluding carboxylic acids is 1. The molecule has 2 aliphatic carbocycles. The smallest absolute Gasteiger partial charge is 0.227 e. The highest BCUT2D eigenvalue weighted by molar-refractivity contribution is 5.85. The summed E-state index contributed by atoms with van der Waals surface area (Å²) in [6.07, 6.45) is 5.21. The Hall–Kier alpha value is -1.35. The number of amides is 1. The van der Waals surface area contributed by atoms with Crippen LogP contribution < -0.4 is 5.32 Å². The maximum Gasteiger partial charge on any atom is 0.227 e. The van der Waals surface area contributed by atoms with Crippen molar-refractivity contribution in [1.29, 1.82) is 0 Å². The van der Waals surface area contributed by atoms with Gasteiger partial charge in [-0.15, -0.1) is 0 Å². The zero-order valence-electron chi connectivity index (χ0n) is 11.1. The van der Waals surface area contributed by atoms with E-state index < -0.39 is 0 Å². The molecular formula is C16H21NO2. The third kappa shape index (κ3) is 2.66. The first-order valence-corrected chi connectivity index (χ1v) is 7.30. The largest absolute Gasteiger partial charge is 0.393 e. The van der Waals surface area contributed by atoms with Gasteiger partial charge in [0.25, 0.3) is 0 Å². The lowest BCUT2D eigenvalue weighted by atomic mass is 9.92. The molecule has 0 heterocycles. The average molecular weight is 259 g/mol. The molecule has 1 atom stereocenters. The number of hydrogen-bond donors (Lipinski definition) is 2. The summed E-state index contributed by atoms with van der Waals surface area (Å²) in [6.45, 7) is 0. The van der Waals surface area contributed by atoms with Crippen LogP contribution in [0.4, 0.5) is 0 Å². The van der Waals surface area contributed by atoms with E-state index in [0.29, 0.717) is 0 Å². The van der Waals surface area contributed by atoms with E-state index >= 15 is 0 Å². The highest BCUT2D eigenvalue weighted by atomic mass is 16.3. The number of aliphatic hydroxyl groups excluding tert-OH is 1. The number of fused-ring (bicyclic) bond motifs is 1. The molecule has 1 aromatic rings. The van der Waals surface area contributed by atoms with Crippen molar-refractivity contribution in [1.82, 2.24) is 5.32 Å². The van der Waals surface area contributed by atoms with Crippen LogP contribution in [-0.4, -0.2) is 23.2 Å². The Morgan fingerprint density at radius 3 is 2.63 bits per heavy atom. The summed E-state index contributed by atoms with van der Waals surface area (Å²) in [4.78, 5) is 12.4. The van der Waals surface area contributed by atoms with Crippen LogP contribution in [0, 0.1) is 0 Å². The molecule has 2 aliphatic rings. The molecule has 0 radical (unpaired) electrons. The molecule has 1 saturated carbocycles. The van der Waals surface area contributed by atoms with Crippen molar-refractivity contribution in [3.05, 3.63) is 35.4 Å². The predicted octanol–water partition coefficient (Wildman–Crippen LogP) is 2.14. The van der Waals surface area contributed by atoms with E-state index in [1.807, 2.05) is 12.1 Å². The first-order valence-electron chi connectivity index (χ1n) is 7.30. The van der Waals surface area contributed by atoms with E-state index in [-0.39, 0.29) is 24.0 Å². The van der Waals surface area contributed by atoms with Crippen LogP contribution in [0.25, 0.3) is 0 Å². The second-order valence-corrected chi connectivity index (χ2v) is 5.80. The van der Waals surface area contributed by atoms with Gasteiger partial charge in [-0.1, -0.05) is 24.3 Å². The monoisotopic (exact) mass is 259 g/mol. The Labute approximate surface area is 114 Å². The summed E-state index contributed by atoms with van der Waals surface area (Å²) < 4.78 is 0. The van der Waals surface area contributed by atoms with Gasteiger partial charge in [0.05, 0.1) is 12.0 Å². The molecule has 0 saturated heterocycles. The minimum absolute atomic E-state index is 0.0306. The lowest BCUT2D eigenvalue weighted by molar-refractivity contribution is -0.123. The van der Waals surface area contributed by atoms with Crippen LogP contribution in [0.2, 0.25) is 0 Å². The number of benzene rings is 1. The van der Waals surface area contributed by atoms with Crippen molar-refractivity contribution in [3.8, 4) is 0 Å². The molecule has 1 fully saturated rings. The van der Waals surface area contributed by atoms with Gasteiger partial charge in [0.2, 0.25) is 5.91 Å². The van der Waals surface area contributed by atoms with Gasteiger partial charge < -0.3 is 10.4 Å². The minimum atomic E-state index is -0.166. The van der Waals surface area contributed by atoms with Gasteiger partial charge in [-0.05, 0) is 49.7 Å². The second-order valence-electron chi connectivity index (χ2n) is 5.80. The topological polar surface area (TPSA) is 49.3 Å². The molecule has 1 aromatic carbocycles. The predicted molar refractivity (Wildman–Crippen MR) is 73.9 cm³/mol. The van der Waals surface area contributed by atoms with E-state index in [9.17, 15) is 9.90 Å². The Morgan fingerprint density at radius 2 is 1.84 bits per heavy atom. The summed E-state index contributed by atoms with van der Waals surface area (Å²) >= 11 is 0. The fourth-order valence-corrected chi connectivity index (χ4v) is 3.35. The fourth-order valence-electron chi connectivity index (χ4n) is 3.35. The number of nitrogens with one attached hydrogen (secondary N) is 1. The third-order valence-corrected chi connectivity index (χ3v) is 4.49. The lowest BCUT2D eigenvalue weighted by Gasteiger charge is -2.27. The zero-order valence-corrected chi connectivity index (χ0v) is 11.1. The van der Waals surface area contributed by atoms with Gasteiger partial charge in [0.15, 0.2) is 0 Å².